The zero-order chi connectivity index (χ0) is 24.6. The van der Waals surface area contributed by atoms with Gasteiger partial charge in [0.05, 0.1) is 27.8 Å². The number of nitrogens with zero attached hydrogens (tertiary/aromatic N) is 1. The monoisotopic (exact) mass is 482 g/mol. The highest BCUT2D eigenvalue weighted by Gasteiger charge is 2.52. The first-order valence-corrected chi connectivity index (χ1v) is 9.62. The summed E-state index contributed by atoms with van der Waals surface area (Å²) in [5.41, 5.74) is -8.20. The molecule has 2 aliphatic heterocycles. The largest absolute Gasteiger partial charge is 0.417 e. The van der Waals surface area contributed by atoms with Crippen molar-refractivity contribution in [3.63, 3.8) is 0 Å². The van der Waals surface area contributed by atoms with Crippen LogP contribution in [0.1, 0.15) is 39.5 Å². The van der Waals surface area contributed by atoms with Gasteiger partial charge in [-0.15, -0.1) is 0 Å². The Bertz CT molecular complexity index is 1130. The van der Waals surface area contributed by atoms with E-state index in [9.17, 15) is 44.3 Å². The summed E-state index contributed by atoms with van der Waals surface area (Å²) in [6.07, 6.45) is -15.4. The van der Waals surface area contributed by atoms with Crippen LogP contribution < -0.4 is 5.32 Å². The van der Waals surface area contributed by atoms with Crippen LogP contribution in [0.15, 0.2) is 30.3 Å². The van der Waals surface area contributed by atoms with Gasteiger partial charge in [-0.1, -0.05) is 6.07 Å². The number of fused-ring (bicyclic) bond motifs is 3. The highest BCUT2D eigenvalue weighted by Crippen LogP contribution is 2.49. The number of nitrogens with one attached hydrogen (secondary N) is 1. The molecule has 0 aliphatic carbocycles. The van der Waals surface area contributed by atoms with Gasteiger partial charge in [-0.25, -0.2) is 0 Å². The van der Waals surface area contributed by atoms with E-state index in [-0.39, 0.29) is 24.7 Å². The summed E-state index contributed by atoms with van der Waals surface area (Å²) in [5.74, 6) is -0.892. The maximum absolute atomic E-state index is 13.9. The fourth-order valence-electron chi connectivity index (χ4n) is 4.45. The molecule has 0 radical (unpaired) electrons. The van der Waals surface area contributed by atoms with Crippen LogP contribution in [0.25, 0.3) is 11.1 Å². The van der Waals surface area contributed by atoms with Gasteiger partial charge in [0.25, 0.3) is 5.91 Å². The molecule has 2 aromatic rings. The molecule has 1 atom stereocenters. The molecule has 12 heteroatoms. The lowest BCUT2D eigenvalue weighted by molar-refractivity contribution is -0.142. The van der Waals surface area contributed by atoms with Crippen LogP contribution in [-0.2, 0) is 24.1 Å². The van der Waals surface area contributed by atoms with Gasteiger partial charge in [0.15, 0.2) is 0 Å². The van der Waals surface area contributed by atoms with Gasteiger partial charge in [0, 0.05) is 19.6 Å². The minimum absolute atomic E-state index is 0.0611. The third-order valence-electron chi connectivity index (χ3n) is 6.02. The Balaban J connectivity index is 2.02. The minimum Gasteiger partial charge on any atom is -0.327 e. The number of carbonyl (C=O) groups is 1. The van der Waals surface area contributed by atoms with E-state index in [0.29, 0.717) is 24.7 Å². The molecule has 1 amide bonds. The highest BCUT2D eigenvalue weighted by molar-refractivity contribution is 6.02. The lowest BCUT2D eigenvalue weighted by Gasteiger charge is -2.40. The maximum Gasteiger partial charge on any atom is 0.417 e. The van der Waals surface area contributed by atoms with Gasteiger partial charge in [-0.2, -0.15) is 39.5 Å². The first kappa shape index (κ1) is 23.4. The molecule has 1 saturated heterocycles. The molecule has 0 unspecified atom stereocenters. The second-order valence-corrected chi connectivity index (χ2v) is 8.11. The molecular weight excluding hydrogens is 467 g/mol. The van der Waals surface area contributed by atoms with E-state index in [1.807, 2.05) is 0 Å². The molecule has 1 N–H and O–H groups in total. The van der Waals surface area contributed by atoms with E-state index in [2.05, 4.69) is 5.32 Å². The number of amides is 1. The Morgan fingerprint density at radius 1 is 0.879 bits per heavy atom. The van der Waals surface area contributed by atoms with Crippen LogP contribution in [0, 0.1) is 0 Å². The van der Waals surface area contributed by atoms with Crippen LogP contribution in [0.4, 0.5) is 39.5 Å². The number of alkyl halides is 9. The normalized spacial score (nSPS) is 21.3. The molecule has 0 bridgehead atoms. The van der Waals surface area contributed by atoms with E-state index < -0.39 is 63.4 Å². The maximum atomic E-state index is 13.9. The molecule has 1 fully saturated rings. The number of carbonyl (C=O) groups excluding carboxylic acids is 1. The Morgan fingerprint density at radius 3 is 2.09 bits per heavy atom. The predicted octanol–water partition coefficient (Wildman–Crippen LogP) is 5.68. The van der Waals surface area contributed by atoms with Crippen molar-refractivity contribution in [2.75, 3.05) is 19.6 Å². The van der Waals surface area contributed by atoms with E-state index >= 15 is 0 Å². The van der Waals surface area contributed by atoms with Crippen molar-refractivity contribution in [3.8, 4) is 11.1 Å². The van der Waals surface area contributed by atoms with Crippen molar-refractivity contribution in [1.29, 1.82) is 0 Å². The van der Waals surface area contributed by atoms with Crippen LogP contribution in [-0.4, -0.2) is 30.4 Å². The summed E-state index contributed by atoms with van der Waals surface area (Å²) in [7, 11) is 0. The Morgan fingerprint density at radius 2 is 1.52 bits per heavy atom. The van der Waals surface area contributed by atoms with Gasteiger partial charge < -0.3 is 10.2 Å². The van der Waals surface area contributed by atoms with Crippen molar-refractivity contribution in [2.45, 2.75) is 31.0 Å². The average molecular weight is 482 g/mol. The van der Waals surface area contributed by atoms with Crippen molar-refractivity contribution in [1.82, 2.24) is 10.2 Å². The fraction of sp³-hybridized carbons (Fsp3) is 0.381. The van der Waals surface area contributed by atoms with Crippen molar-refractivity contribution in [2.24, 2.45) is 0 Å². The number of benzene rings is 2. The molecule has 0 saturated carbocycles. The van der Waals surface area contributed by atoms with Crippen LogP contribution in [0.2, 0.25) is 0 Å². The number of halogens is 9. The van der Waals surface area contributed by atoms with Crippen LogP contribution in [0.3, 0.4) is 0 Å². The van der Waals surface area contributed by atoms with Crippen LogP contribution >= 0.6 is 0 Å². The average Bonchev–Trinajstić information content (AvgIpc) is 2.92. The predicted molar refractivity (Wildman–Crippen MR) is 98.1 cm³/mol. The lowest BCUT2D eigenvalue weighted by atomic mass is 9.84. The topological polar surface area (TPSA) is 32.3 Å². The van der Waals surface area contributed by atoms with E-state index in [4.69, 9.17) is 0 Å². The summed E-state index contributed by atoms with van der Waals surface area (Å²) in [5, 5.41) is 2.96. The summed E-state index contributed by atoms with van der Waals surface area (Å²) < 4.78 is 122. The van der Waals surface area contributed by atoms with Gasteiger partial charge in [-0.05, 0) is 47.9 Å². The SMILES string of the molecule is C[C@@]12CNCCN1C(=O)c1c(C(F)(F)F)cc(-c3ccc(C(F)(F)F)cc3C(F)(F)F)cc12. The fourth-order valence-corrected chi connectivity index (χ4v) is 4.45. The summed E-state index contributed by atoms with van der Waals surface area (Å²) >= 11 is 0. The zero-order valence-corrected chi connectivity index (χ0v) is 16.8. The van der Waals surface area contributed by atoms with Crippen molar-refractivity contribution < 1.29 is 44.3 Å². The molecule has 178 valence electrons. The summed E-state index contributed by atoms with van der Waals surface area (Å²) in [6.45, 7) is 1.96. The molecule has 0 aromatic heterocycles. The Kier molecular flexibility index (Phi) is 5.05. The smallest absolute Gasteiger partial charge is 0.327 e. The third-order valence-corrected chi connectivity index (χ3v) is 6.02. The standard InChI is InChI=1S/C21H15F9N2O/c1-18-9-31-4-5-32(18)17(33)16-14(18)6-10(7-15(16)21(28,29)30)12-3-2-11(19(22,23)24)8-13(12)20(25,26)27/h2-3,6-8,31H,4-5,9H2,1H3/t18-/m0/s1. The Hall–Kier alpha value is -2.76. The second-order valence-electron chi connectivity index (χ2n) is 8.11. The van der Waals surface area contributed by atoms with Gasteiger partial charge in [0.1, 0.15) is 0 Å². The second kappa shape index (κ2) is 7.12. The van der Waals surface area contributed by atoms with Crippen molar-refractivity contribution in [3.05, 3.63) is 58.1 Å². The molecule has 2 heterocycles. The molecule has 0 spiro atoms. The van der Waals surface area contributed by atoms with E-state index in [1.165, 1.54) is 11.8 Å². The first-order valence-electron chi connectivity index (χ1n) is 9.62. The zero-order valence-electron chi connectivity index (χ0n) is 16.8. The van der Waals surface area contributed by atoms with Crippen LogP contribution in [0.5, 0.6) is 0 Å². The summed E-state index contributed by atoms with van der Waals surface area (Å²) in [4.78, 5) is 14.1. The third kappa shape index (κ3) is 3.73. The molecular formula is C21H15F9N2O. The van der Waals surface area contributed by atoms with Gasteiger partial charge in [-0.3, -0.25) is 4.79 Å². The van der Waals surface area contributed by atoms with Crippen molar-refractivity contribution >= 4 is 5.91 Å². The molecule has 3 nitrogen and oxygen atoms in total. The quantitative estimate of drug-likeness (QED) is 0.531. The number of piperazine rings is 1. The molecule has 4 rings (SSSR count). The molecule has 2 aliphatic rings. The first-order chi connectivity index (χ1) is 15.0. The van der Waals surface area contributed by atoms with E-state index in [1.54, 1.807) is 0 Å². The highest BCUT2D eigenvalue weighted by atomic mass is 19.4. The lowest BCUT2D eigenvalue weighted by Crippen LogP contribution is -2.55. The molecule has 33 heavy (non-hydrogen) atoms. The minimum atomic E-state index is -5.27. The van der Waals surface area contributed by atoms with Gasteiger partial charge in [0.2, 0.25) is 0 Å². The Labute approximate surface area is 181 Å². The molecule has 2 aromatic carbocycles. The number of rotatable bonds is 1. The van der Waals surface area contributed by atoms with E-state index in [0.717, 1.165) is 6.07 Å². The summed E-state index contributed by atoms with van der Waals surface area (Å²) in [6, 6.07) is 2.18. The number of hydrogen-bond acceptors (Lipinski definition) is 2. The number of hydrogen-bond donors (Lipinski definition) is 1. The van der Waals surface area contributed by atoms with Gasteiger partial charge >= 0.3 is 18.5 Å².